The van der Waals surface area contributed by atoms with Crippen LogP contribution in [-0.2, 0) is 0 Å². The summed E-state index contributed by atoms with van der Waals surface area (Å²) in [4.78, 5) is 0. The summed E-state index contributed by atoms with van der Waals surface area (Å²) >= 11 is 14.6. The lowest BCUT2D eigenvalue weighted by Crippen LogP contribution is -1.85. The van der Waals surface area contributed by atoms with Crippen molar-refractivity contribution < 1.29 is 9.84 Å². The zero-order valence-corrected chi connectivity index (χ0v) is 9.16. The molecule has 0 aliphatic heterocycles. The van der Waals surface area contributed by atoms with E-state index < -0.39 is 0 Å². The fraction of sp³-hybridized carbons (Fsp3) is 0.143. The summed E-state index contributed by atoms with van der Waals surface area (Å²) < 4.78 is 5.31. The predicted molar refractivity (Wildman–Crippen MR) is 52.4 cm³/mol. The van der Waals surface area contributed by atoms with Crippen LogP contribution in [0, 0.1) is 0 Å². The summed E-state index contributed by atoms with van der Waals surface area (Å²) in [7, 11) is 1.46. The third-order valence-corrected chi connectivity index (χ3v) is 3.32. The van der Waals surface area contributed by atoms with Gasteiger partial charge in [-0.3, -0.25) is 0 Å². The van der Waals surface area contributed by atoms with Crippen LogP contribution in [0.5, 0.6) is 11.5 Å². The van der Waals surface area contributed by atoms with Gasteiger partial charge in [-0.1, -0.05) is 23.2 Å². The van der Waals surface area contributed by atoms with Gasteiger partial charge in [-0.15, -0.1) is 0 Å². The molecule has 1 N–H and O–H groups in total. The number of methoxy groups -OCH3 is 1. The number of phenols is 1. The largest absolute Gasteiger partial charge is 0.506 e. The molecule has 0 aromatic heterocycles. The number of hydrogen-bond acceptors (Lipinski definition) is 2. The maximum atomic E-state index is 9.24. The van der Waals surface area contributed by atoms with Crippen molar-refractivity contribution in [1.82, 2.24) is 0 Å². The monoisotopic (exact) mass is 270 g/mol. The fourth-order valence-corrected chi connectivity index (χ4v) is 1.54. The van der Waals surface area contributed by atoms with Crippen LogP contribution >= 0.6 is 39.1 Å². The summed E-state index contributed by atoms with van der Waals surface area (Å²) in [6.45, 7) is 0. The van der Waals surface area contributed by atoms with Crippen LogP contribution in [0.1, 0.15) is 0 Å². The molecule has 0 heterocycles. The van der Waals surface area contributed by atoms with Crippen molar-refractivity contribution in [2.45, 2.75) is 0 Å². The molecule has 0 fully saturated rings. The van der Waals surface area contributed by atoms with Gasteiger partial charge in [0.15, 0.2) is 0 Å². The van der Waals surface area contributed by atoms with E-state index in [1.807, 2.05) is 0 Å². The molecule has 0 bridgehead atoms. The fourth-order valence-electron chi connectivity index (χ4n) is 0.716. The van der Waals surface area contributed by atoms with E-state index in [4.69, 9.17) is 27.9 Å². The average molecular weight is 272 g/mol. The van der Waals surface area contributed by atoms with Crippen LogP contribution in [0.3, 0.4) is 0 Å². The van der Waals surface area contributed by atoms with Crippen molar-refractivity contribution in [3.05, 3.63) is 20.6 Å². The lowest BCUT2D eigenvalue weighted by molar-refractivity contribution is 0.407. The first-order valence-corrected chi connectivity index (χ1v) is 4.53. The second-order valence-corrected chi connectivity index (χ2v) is 3.59. The van der Waals surface area contributed by atoms with Crippen LogP contribution < -0.4 is 4.74 Å². The van der Waals surface area contributed by atoms with Gasteiger partial charge < -0.3 is 9.84 Å². The summed E-state index contributed by atoms with van der Waals surface area (Å²) in [5.74, 6) is 0.315. The minimum absolute atomic E-state index is 0.0650. The number of halogens is 3. The normalized spacial score (nSPS) is 10.0. The smallest absolute Gasteiger partial charge is 0.142 e. The maximum Gasteiger partial charge on any atom is 0.142 e. The number of ether oxygens (including phenoxy) is 1. The Morgan fingerprint density at radius 3 is 2.50 bits per heavy atom. The van der Waals surface area contributed by atoms with Crippen molar-refractivity contribution in [3.63, 3.8) is 0 Å². The minimum atomic E-state index is -0.0650. The number of aromatic hydroxyl groups is 1. The van der Waals surface area contributed by atoms with Gasteiger partial charge in [0.2, 0.25) is 0 Å². The van der Waals surface area contributed by atoms with Gasteiger partial charge in [0, 0.05) is 6.07 Å². The molecular formula is C7H5BrCl2O2. The van der Waals surface area contributed by atoms with E-state index in [0.29, 0.717) is 15.2 Å². The van der Waals surface area contributed by atoms with Gasteiger partial charge in [-0.05, 0) is 15.9 Å². The topological polar surface area (TPSA) is 29.5 Å². The van der Waals surface area contributed by atoms with Gasteiger partial charge in [-0.25, -0.2) is 0 Å². The summed E-state index contributed by atoms with van der Waals surface area (Å²) in [6.07, 6.45) is 0. The minimum Gasteiger partial charge on any atom is -0.506 e. The molecule has 0 radical (unpaired) electrons. The quantitative estimate of drug-likeness (QED) is 0.793. The van der Waals surface area contributed by atoms with Crippen LogP contribution in [0.2, 0.25) is 10.0 Å². The van der Waals surface area contributed by atoms with Crippen molar-refractivity contribution in [3.8, 4) is 11.5 Å². The van der Waals surface area contributed by atoms with Gasteiger partial charge >= 0.3 is 0 Å². The first-order chi connectivity index (χ1) is 5.57. The van der Waals surface area contributed by atoms with E-state index in [0.717, 1.165) is 0 Å². The lowest BCUT2D eigenvalue weighted by Gasteiger charge is -2.07. The molecule has 1 aromatic rings. The summed E-state index contributed by atoms with van der Waals surface area (Å²) in [6, 6.07) is 1.36. The van der Waals surface area contributed by atoms with Crippen LogP contribution in [0.15, 0.2) is 10.5 Å². The van der Waals surface area contributed by atoms with Crippen LogP contribution in [-0.4, -0.2) is 12.2 Å². The molecule has 5 heteroatoms. The van der Waals surface area contributed by atoms with Gasteiger partial charge in [0.05, 0.1) is 21.6 Å². The highest BCUT2D eigenvalue weighted by Gasteiger charge is 2.13. The Kier molecular flexibility index (Phi) is 3.09. The van der Waals surface area contributed by atoms with Gasteiger partial charge in [-0.2, -0.15) is 0 Å². The Balaban J connectivity index is 3.39. The number of rotatable bonds is 1. The Hall–Kier alpha value is -0.120. The molecule has 0 amide bonds. The molecule has 0 saturated carbocycles. The molecule has 66 valence electrons. The third-order valence-electron chi connectivity index (χ3n) is 1.31. The molecule has 1 rings (SSSR count). The Morgan fingerprint density at radius 2 is 2.00 bits per heavy atom. The lowest BCUT2D eigenvalue weighted by atomic mass is 10.3. The zero-order valence-electron chi connectivity index (χ0n) is 6.07. The molecule has 0 aliphatic rings. The first-order valence-electron chi connectivity index (χ1n) is 2.98. The van der Waals surface area contributed by atoms with Crippen molar-refractivity contribution in [1.29, 1.82) is 0 Å². The predicted octanol–water partition coefficient (Wildman–Crippen LogP) is 3.47. The molecule has 12 heavy (non-hydrogen) atoms. The van der Waals surface area contributed by atoms with Crippen LogP contribution in [0.25, 0.3) is 0 Å². The molecule has 0 unspecified atom stereocenters. The first kappa shape index (κ1) is 9.96. The second-order valence-electron chi connectivity index (χ2n) is 2.04. The maximum absolute atomic E-state index is 9.24. The Morgan fingerprint density at radius 1 is 1.42 bits per heavy atom. The van der Waals surface area contributed by atoms with Gasteiger partial charge in [0.1, 0.15) is 11.5 Å². The average Bonchev–Trinajstić information content (AvgIpc) is 2.08. The van der Waals surface area contributed by atoms with E-state index in [9.17, 15) is 5.11 Å². The van der Waals surface area contributed by atoms with Gasteiger partial charge in [0.25, 0.3) is 0 Å². The molecule has 0 aliphatic carbocycles. The second kappa shape index (κ2) is 3.73. The molecule has 0 spiro atoms. The Labute approximate surface area is 88.2 Å². The summed E-state index contributed by atoms with van der Waals surface area (Å²) in [5, 5.41) is 9.76. The highest BCUT2D eigenvalue weighted by Crippen LogP contribution is 2.42. The van der Waals surface area contributed by atoms with E-state index in [-0.39, 0.29) is 10.8 Å². The van der Waals surface area contributed by atoms with Crippen molar-refractivity contribution in [2.75, 3.05) is 7.11 Å². The highest BCUT2D eigenvalue weighted by atomic mass is 79.9. The van der Waals surface area contributed by atoms with E-state index >= 15 is 0 Å². The van der Waals surface area contributed by atoms with E-state index in [1.165, 1.54) is 13.2 Å². The third kappa shape index (κ3) is 1.63. The molecular weight excluding hydrogens is 267 g/mol. The van der Waals surface area contributed by atoms with Crippen molar-refractivity contribution in [2.24, 2.45) is 0 Å². The SMILES string of the molecule is COc1cc(O)c(Cl)c(Br)c1Cl. The molecule has 0 atom stereocenters. The van der Waals surface area contributed by atoms with E-state index in [1.54, 1.807) is 0 Å². The number of phenolic OH excluding ortho intramolecular Hbond substituents is 1. The highest BCUT2D eigenvalue weighted by molar-refractivity contribution is 9.10. The number of benzene rings is 1. The molecule has 2 nitrogen and oxygen atoms in total. The number of hydrogen-bond donors (Lipinski definition) is 1. The molecule has 1 aromatic carbocycles. The standard InChI is InChI=1S/C7H5BrCl2O2/c1-12-4-2-3(11)6(9)5(8)7(4)10/h2,11H,1H3. The van der Waals surface area contributed by atoms with Crippen molar-refractivity contribution >= 4 is 39.1 Å². The van der Waals surface area contributed by atoms with E-state index in [2.05, 4.69) is 15.9 Å². The molecule has 0 saturated heterocycles. The summed E-state index contributed by atoms with van der Waals surface area (Å²) in [5.41, 5.74) is 0. The zero-order chi connectivity index (χ0) is 9.30. The van der Waals surface area contributed by atoms with Crippen LogP contribution in [0.4, 0.5) is 0 Å². The Bertz CT molecular complexity index is 315.